The molecule has 3 aliphatic rings. The first-order valence-electron chi connectivity index (χ1n) is 16.5. The smallest absolute Gasteiger partial charge is 0.229 e. The highest BCUT2D eigenvalue weighted by molar-refractivity contribution is 5.92. The Hall–Kier alpha value is -3.75. The third kappa shape index (κ3) is 6.65. The van der Waals surface area contributed by atoms with Crippen molar-refractivity contribution < 1.29 is 100.0 Å². The molecule has 3 saturated heterocycles. The summed E-state index contributed by atoms with van der Waals surface area (Å²) in [4.78, 5) is 13.9. The summed E-state index contributed by atoms with van der Waals surface area (Å²) in [6, 6.07) is 4.14. The molecule has 21 nitrogen and oxygen atoms in total. The third-order valence-electron chi connectivity index (χ3n) is 9.88. The standard InChI is InChI=1S/C33H40O21/c34-5-13-19(39)24(44)27(47)31(51-13)17-22(42)16-10(38)4-11(50-30(16)18(23(17)43)32-28(48)25(45)20(40)14(6-35)52-32)8-1-2-9(37)12(3-8)53-33-29(49)26(46)21(41)15(7-36)54-33/h1-4,13-15,19-21,24-29,31-37,39-49H,5-7H2/t13?,14?,15?,19-,20-,21-,24+,25+,26?,27?,28?,29?,31+,32+,33-/m1/s1. The minimum Gasteiger partial charge on any atom is -0.507 e. The molecule has 3 aliphatic heterocycles. The predicted octanol–water partition coefficient (Wildman–Crippen LogP) is -5.21. The van der Waals surface area contributed by atoms with Gasteiger partial charge in [0, 0.05) is 11.6 Å². The zero-order valence-electron chi connectivity index (χ0n) is 27.7. The summed E-state index contributed by atoms with van der Waals surface area (Å²) >= 11 is 0. The van der Waals surface area contributed by atoms with Crippen LogP contribution in [0.4, 0.5) is 0 Å². The van der Waals surface area contributed by atoms with E-state index < -0.39 is 168 Å². The number of hydrogen-bond donors (Lipinski definition) is 15. The molecule has 15 atom stereocenters. The van der Waals surface area contributed by atoms with Gasteiger partial charge in [-0.25, -0.2) is 0 Å². The van der Waals surface area contributed by atoms with E-state index in [1.54, 1.807) is 0 Å². The molecule has 54 heavy (non-hydrogen) atoms. The zero-order chi connectivity index (χ0) is 39.5. The van der Waals surface area contributed by atoms with Gasteiger partial charge in [-0.2, -0.15) is 0 Å². The van der Waals surface area contributed by atoms with Gasteiger partial charge in [0.1, 0.15) is 108 Å². The first kappa shape index (κ1) is 39.9. The average molecular weight is 773 g/mol. The fraction of sp³-hybridized carbons (Fsp3) is 0.545. The molecule has 298 valence electrons. The Labute approximate surface area is 302 Å². The minimum absolute atomic E-state index is 0.0804. The SMILES string of the molecule is O=c1cc(-c2ccc(O)c(O[C@@H]3OC(CO)[C@@H](O)C(O)C3O)c2)oc2c([C@@H]3OC(CO)[C@@H](O)[C@H](O)C3O)c(O)c([C@@H]3OC(CO)[C@@H](O)[C@H](O)C3O)c(O)c12. The fourth-order valence-corrected chi connectivity index (χ4v) is 6.81. The maximum absolute atomic E-state index is 13.9. The van der Waals surface area contributed by atoms with Gasteiger partial charge in [0.05, 0.1) is 30.9 Å². The number of benzene rings is 2. The van der Waals surface area contributed by atoms with Crippen LogP contribution in [0.3, 0.4) is 0 Å². The van der Waals surface area contributed by atoms with Crippen LogP contribution in [-0.4, -0.2) is 176 Å². The number of phenols is 3. The summed E-state index contributed by atoms with van der Waals surface area (Å²) in [5.41, 5.74) is -3.41. The normalized spacial score (nSPS) is 37.4. The largest absolute Gasteiger partial charge is 0.507 e. The third-order valence-corrected chi connectivity index (χ3v) is 9.88. The van der Waals surface area contributed by atoms with Crippen LogP contribution < -0.4 is 10.2 Å². The van der Waals surface area contributed by atoms with E-state index >= 15 is 0 Å². The van der Waals surface area contributed by atoms with E-state index in [0.29, 0.717) is 0 Å². The van der Waals surface area contributed by atoms with Crippen molar-refractivity contribution in [3.05, 3.63) is 45.6 Å². The van der Waals surface area contributed by atoms with Crippen LogP contribution in [0.2, 0.25) is 0 Å². The molecule has 15 N–H and O–H groups in total. The molecule has 0 bridgehead atoms. The second kappa shape index (κ2) is 15.4. The van der Waals surface area contributed by atoms with Crippen molar-refractivity contribution in [1.29, 1.82) is 0 Å². The molecule has 6 rings (SSSR count). The number of rotatable bonds is 8. The van der Waals surface area contributed by atoms with Crippen LogP contribution in [0.1, 0.15) is 23.3 Å². The van der Waals surface area contributed by atoms with E-state index in [-0.39, 0.29) is 5.56 Å². The van der Waals surface area contributed by atoms with E-state index in [4.69, 9.17) is 23.4 Å². The molecular formula is C33H40O21. The molecule has 21 heteroatoms. The highest BCUT2D eigenvalue weighted by Crippen LogP contribution is 2.51. The van der Waals surface area contributed by atoms with Gasteiger partial charge in [-0.1, -0.05) is 0 Å². The number of phenolic OH excluding ortho intramolecular Hbond substituents is 3. The number of hydrogen-bond acceptors (Lipinski definition) is 21. The fourth-order valence-electron chi connectivity index (χ4n) is 6.81. The Bertz CT molecular complexity index is 1880. The van der Waals surface area contributed by atoms with E-state index in [1.807, 2.05) is 0 Å². The Kier molecular flexibility index (Phi) is 11.4. The van der Waals surface area contributed by atoms with Gasteiger partial charge < -0.3 is 100.0 Å². The average Bonchev–Trinajstić information content (AvgIpc) is 3.15. The predicted molar refractivity (Wildman–Crippen MR) is 173 cm³/mol. The lowest BCUT2D eigenvalue weighted by Gasteiger charge is -2.42. The van der Waals surface area contributed by atoms with Crippen molar-refractivity contribution >= 4 is 11.0 Å². The topological polar surface area (TPSA) is 371 Å². The van der Waals surface area contributed by atoms with Gasteiger partial charge in [-0.05, 0) is 18.2 Å². The van der Waals surface area contributed by atoms with Gasteiger partial charge in [0.15, 0.2) is 22.5 Å². The van der Waals surface area contributed by atoms with Gasteiger partial charge in [-0.3, -0.25) is 4.79 Å². The van der Waals surface area contributed by atoms with Crippen molar-refractivity contribution in [2.75, 3.05) is 19.8 Å². The van der Waals surface area contributed by atoms with Crippen molar-refractivity contribution in [1.82, 2.24) is 0 Å². The lowest BCUT2D eigenvalue weighted by molar-refractivity contribution is -0.277. The summed E-state index contributed by atoms with van der Waals surface area (Å²) < 4.78 is 28.0. The number of aliphatic hydroxyl groups is 12. The van der Waals surface area contributed by atoms with Crippen molar-refractivity contribution in [2.24, 2.45) is 0 Å². The van der Waals surface area contributed by atoms with Crippen LogP contribution in [-0.2, 0) is 14.2 Å². The molecule has 3 fully saturated rings. The number of fused-ring (bicyclic) bond motifs is 1. The Morgan fingerprint density at radius 3 is 1.61 bits per heavy atom. The monoisotopic (exact) mass is 772 g/mol. The maximum Gasteiger partial charge on any atom is 0.229 e. The van der Waals surface area contributed by atoms with Gasteiger partial charge in [0.25, 0.3) is 0 Å². The first-order valence-corrected chi connectivity index (χ1v) is 16.5. The summed E-state index contributed by atoms with van der Waals surface area (Å²) in [7, 11) is 0. The van der Waals surface area contributed by atoms with Gasteiger partial charge >= 0.3 is 0 Å². The number of aromatic hydroxyl groups is 3. The van der Waals surface area contributed by atoms with E-state index in [9.17, 15) is 81.4 Å². The lowest BCUT2D eigenvalue weighted by atomic mass is 9.85. The molecule has 3 aromatic rings. The lowest BCUT2D eigenvalue weighted by Crippen LogP contribution is -2.60. The second-order valence-corrected chi connectivity index (χ2v) is 13.2. The maximum atomic E-state index is 13.9. The van der Waals surface area contributed by atoms with Crippen LogP contribution in [0.25, 0.3) is 22.3 Å². The van der Waals surface area contributed by atoms with Crippen LogP contribution in [0.5, 0.6) is 23.0 Å². The van der Waals surface area contributed by atoms with Crippen LogP contribution in [0, 0.1) is 0 Å². The quantitative estimate of drug-likeness (QED) is 0.102. The first-order chi connectivity index (χ1) is 25.6. The van der Waals surface area contributed by atoms with Gasteiger partial charge in [-0.15, -0.1) is 0 Å². The molecule has 7 unspecified atom stereocenters. The Morgan fingerprint density at radius 1 is 0.574 bits per heavy atom. The highest BCUT2D eigenvalue weighted by atomic mass is 16.7. The molecular weight excluding hydrogens is 732 g/mol. The molecule has 2 aromatic carbocycles. The Morgan fingerprint density at radius 2 is 1.07 bits per heavy atom. The van der Waals surface area contributed by atoms with E-state index in [0.717, 1.165) is 18.2 Å². The zero-order valence-corrected chi connectivity index (χ0v) is 27.7. The molecule has 0 spiro atoms. The molecule has 0 saturated carbocycles. The van der Waals surface area contributed by atoms with E-state index in [1.165, 1.54) is 6.07 Å². The summed E-state index contributed by atoms with van der Waals surface area (Å²) in [5.74, 6) is -3.63. The van der Waals surface area contributed by atoms with E-state index in [2.05, 4.69) is 0 Å². The molecule has 0 radical (unpaired) electrons. The summed E-state index contributed by atoms with van der Waals surface area (Å²) in [5, 5.41) is 157. The van der Waals surface area contributed by atoms with Crippen molar-refractivity contribution in [2.45, 2.75) is 91.7 Å². The van der Waals surface area contributed by atoms with Crippen molar-refractivity contribution in [3.8, 4) is 34.3 Å². The Balaban J connectivity index is 1.53. The van der Waals surface area contributed by atoms with Crippen LogP contribution in [0.15, 0.2) is 33.5 Å². The molecule has 0 amide bonds. The number of ether oxygens (including phenoxy) is 4. The highest BCUT2D eigenvalue weighted by Gasteiger charge is 2.50. The minimum atomic E-state index is -2.13. The summed E-state index contributed by atoms with van der Waals surface area (Å²) in [6.07, 6.45) is -27.7. The molecule has 1 aromatic heterocycles. The van der Waals surface area contributed by atoms with Crippen molar-refractivity contribution in [3.63, 3.8) is 0 Å². The molecule has 0 aliphatic carbocycles. The second-order valence-electron chi connectivity index (χ2n) is 13.2. The van der Waals surface area contributed by atoms with Gasteiger partial charge in [0.2, 0.25) is 6.29 Å². The van der Waals surface area contributed by atoms with Crippen LogP contribution >= 0.6 is 0 Å². The molecule has 4 heterocycles. The number of aliphatic hydroxyl groups excluding tert-OH is 12. The summed E-state index contributed by atoms with van der Waals surface area (Å²) in [6.45, 7) is -2.64.